The van der Waals surface area contributed by atoms with Gasteiger partial charge in [0.15, 0.2) is 5.78 Å². The average Bonchev–Trinajstić information content (AvgIpc) is 1.86. The summed E-state index contributed by atoms with van der Waals surface area (Å²) in [4.78, 5) is 20.8. The van der Waals surface area contributed by atoms with Gasteiger partial charge < -0.3 is 4.74 Å². The van der Waals surface area contributed by atoms with Gasteiger partial charge in [0.1, 0.15) is 0 Å². The molecule has 0 spiro atoms. The fourth-order valence-corrected chi connectivity index (χ4v) is 0.335. The summed E-state index contributed by atoms with van der Waals surface area (Å²) in [5, 5.41) is 0. The normalized spacial score (nSPS) is 15.6. The number of esters is 1. The minimum absolute atomic E-state index is 0.848. The molecule has 4 heteroatoms. The van der Waals surface area contributed by atoms with Crippen molar-refractivity contribution in [2.75, 3.05) is 7.11 Å². The van der Waals surface area contributed by atoms with E-state index in [9.17, 15) is 14.0 Å². The van der Waals surface area contributed by atoms with Crippen LogP contribution in [0, 0.1) is 0 Å². The molecule has 0 saturated carbocycles. The van der Waals surface area contributed by atoms with E-state index in [4.69, 9.17) is 0 Å². The Labute approximate surface area is 58.2 Å². The molecular weight excluding hydrogens is 139 g/mol. The summed E-state index contributed by atoms with van der Waals surface area (Å²) >= 11 is 0. The predicted octanol–water partition coefficient (Wildman–Crippen LogP) is 0.477. The third kappa shape index (κ3) is 1.52. The quantitative estimate of drug-likeness (QED) is 0.422. The van der Waals surface area contributed by atoms with Crippen molar-refractivity contribution in [1.29, 1.82) is 0 Å². The molecule has 10 heavy (non-hydrogen) atoms. The highest BCUT2D eigenvalue weighted by Crippen LogP contribution is 2.12. The Bertz CT molecular complexity index is 162. The molecule has 0 aliphatic carbocycles. The largest absolute Gasteiger partial charge is 0.466 e. The van der Waals surface area contributed by atoms with Crippen molar-refractivity contribution in [1.82, 2.24) is 0 Å². The Kier molecular flexibility index (Phi) is 2.51. The second kappa shape index (κ2) is 2.77. The van der Waals surface area contributed by atoms with Crippen molar-refractivity contribution in [2.45, 2.75) is 19.5 Å². The molecule has 0 aromatic rings. The number of carbonyl (C=O) groups excluding carboxylic acids is 2. The Morgan fingerprint density at radius 2 is 1.90 bits per heavy atom. The van der Waals surface area contributed by atoms with Gasteiger partial charge in [0.25, 0.3) is 5.67 Å². The minimum Gasteiger partial charge on any atom is -0.466 e. The van der Waals surface area contributed by atoms with Gasteiger partial charge in [-0.3, -0.25) is 4.79 Å². The van der Waals surface area contributed by atoms with E-state index in [0.717, 1.165) is 21.0 Å². The van der Waals surface area contributed by atoms with Crippen molar-refractivity contribution in [2.24, 2.45) is 0 Å². The zero-order valence-electron chi connectivity index (χ0n) is 6.10. The summed E-state index contributed by atoms with van der Waals surface area (Å²) in [6.07, 6.45) is 0. The number of ether oxygens (including phenoxy) is 1. The molecule has 0 bridgehead atoms. The van der Waals surface area contributed by atoms with E-state index in [1.807, 2.05) is 0 Å². The molecule has 0 radical (unpaired) electrons. The Morgan fingerprint density at radius 3 is 2.00 bits per heavy atom. The van der Waals surface area contributed by atoms with Gasteiger partial charge in [0, 0.05) is 0 Å². The Hall–Kier alpha value is -0.930. The van der Waals surface area contributed by atoms with Crippen LogP contribution >= 0.6 is 0 Å². The van der Waals surface area contributed by atoms with Gasteiger partial charge in [-0.05, 0) is 13.8 Å². The number of Topliss-reactive ketones (excluding diaryl/α,β-unsaturated/α-hetero) is 1. The highest BCUT2D eigenvalue weighted by Gasteiger charge is 2.39. The monoisotopic (exact) mass is 148 g/mol. The molecule has 0 saturated heterocycles. The second-order valence-corrected chi connectivity index (χ2v) is 2.05. The van der Waals surface area contributed by atoms with E-state index >= 15 is 0 Å². The average molecular weight is 148 g/mol. The molecule has 0 heterocycles. The molecule has 1 atom stereocenters. The van der Waals surface area contributed by atoms with Crippen molar-refractivity contribution < 1.29 is 18.7 Å². The number of methoxy groups -OCH3 is 1. The number of halogens is 1. The van der Waals surface area contributed by atoms with E-state index in [1.165, 1.54) is 0 Å². The predicted molar refractivity (Wildman–Crippen MR) is 32.2 cm³/mol. The summed E-state index contributed by atoms with van der Waals surface area (Å²) in [5.41, 5.74) is -2.49. The van der Waals surface area contributed by atoms with Crippen LogP contribution in [0.5, 0.6) is 0 Å². The van der Waals surface area contributed by atoms with E-state index in [1.54, 1.807) is 0 Å². The maximum atomic E-state index is 12.8. The van der Waals surface area contributed by atoms with Crippen molar-refractivity contribution in [3.8, 4) is 0 Å². The number of ketones is 1. The first-order valence-corrected chi connectivity index (χ1v) is 2.71. The van der Waals surface area contributed by atoms with Crippen molar-refractivity contribution in [3.05, 3.63) is 0 Å². The van der Waals surface area contributed by atoms with Gasteiger partial charge >= 0.3 is 5.97 Å². The summed E-state index contributed by atoms with van der Waals surface area (Å²) in [6.45, 7) is 1.87. The maximum absolute atomic E-state index is 12.8. The van der Waals surface area contributed by atoms with Crippen LogP contribution in [0.4, 0.5) is 4.39 Å². The molecule has 0 N–H and O–H groups in total. The smallest absolute Gasteiger partial charge is 0.351 e. The number of hydrogen-bond acceptors (Lipinski definition) is 3. The van der Waals surface area contributed by atoms with E-state index in [0.29, 0.717) is 0 Å². The molecule has 1 unspecified atom stereocenters. The molecule has 0 fully saturated rings. The first-order valence-electron chi connectivity index (χ1n) is 2.71. The summed E-state index contributed by atoms with van der Waals surface area (Å²) in [6, 6.07) is 0. The third-order valence-corrected chi connectivity index (χ3v) is 1.23. The number of alkyl halides is 1. The standard InChI is InChI=1S/C6H9FO3/c1-4(8)6(2,7)5(9)10-3/h1-3H3. The number of carbonyl (C=O) groups is 2. The van der Waals surface area contributed by atoms with Crippen LogP contribution < -0.4 is 0 Å². The van der Waals surface area contributed by atoms with Crippen LogP contribution in [0.25, 0.3) is 0 Å². The fourth-order valence-electron chi connectivity index (χ4n) is 0.335. The van der Waals surface area contributed by atoms with Crippen molar-refractivity contribution >= 4 is 11.8 Å². The van der Waals surface area contributed by atoms with Gasteiger partial charge in [0.2, 0.25) is 0 Å². The topological polar surface area (TPSA) is 43.4 Å². The van der Waals surface area contributed by atoms with Crippen LogP contribution in [-0.2, 0) is 14.3 Å². The molecule has 0 aliphatic rings. The van der Waals surface area contributed by atoms with Gasteiger partial charge in [-0.1, -0.05) is 0 Å². The van der Waals surface area contributed by atoms with Crippen LogP contribution in [-0.4, -0.2) is 24.5 Å². The van der Waals surface area contributed by atoms with Gasteiger partial charge in [-0.25, -0.2) is 9.18 Å². The lowest BCUT2D eigenvalue weighted by atomic mass is 10.1. The molecule has 0 rings (SSSR count). The molecule has 3 nitrogen and oxygen atoms in total. The van der Waals surface area contributed by atoms with E-state index in [-0.39, 0.29) is 0 Å². The van der Waals surface area contributed by atoms with Crippen LogP contribution in [0.2, 0.25) is 0 Å². The molecule has 0 amide bonds. The molecule has 58 valence electrons. The zero-order valence-corrected chi connectivity index (χ0v) is 6.10. The second-order valence-electron chi connectivity index (χ2n) is 2.05. The number of hydrogen-bond donors (Lipinski definition) is 0. The fraction of sp³-hybridized carbons (Fsp3) is 0.667. The minimum atomic E-state index is -2.49. The van der Waals surface area contributed by atoms with E-state index < -0.39 is 17.4 Å². The zero-order chi connectivity index (χ0) is 8.36. The Morgan fingerprint density at radius 1 is 1.50 bits per heavy atom. The van der Waals surface area contributed by atoms with Crippen molar-refractivity contribution in [3.63, 3.8) is 0 Å². The molecule has 0 aliphatic heterocycles. The summed E-state index contributed by atoms with van der Waals surface area (Å²) < 4.78 is 16.8. The number of rotatable bonds is 2. The highest BCUT2D eigenvalue weighted by molar-refractivity contribution is 6.05. The van der Waals surface area contributed by atoms with E-state index in [2.05, 4.69) is 4.74 Å². The lowest BCUT2D eigenvalue weighted by Crippen LogP contribution is -2.38. The van der Waals surface area contributed by atoms with Gasteiger partial charge in [0.05, 0.1) is 7.11 Å². The Balaban J connectivity index is 4.40. The van der Waals surface area contributed by atoms with Crippen LogP contribution in [0.3, 0.4) is 0 Å². The third-order valence-electron chi connectivity index (χ3n) is 1.23. The van der Waals surface area contributed by atoms with Gasteiger partial charge in [-0.15, -0.1) is 0 Å². The maximum Gasteiger partial charge on any atom is 0.351 e. The summed E-state index contributed by atoms with van der Waals surface area (Å²) in [7, 11) is 1.03. The lowest BCUT2D eigenvalue weighted by Gasteiger charge is -2.12. The van der Waals surface area contributed by atoms with Crippen LogP contribution in [0.1, 0.15) is 13.8 Å². The molecular formula is C6H9FO3. The van der Waals surface area contributed by atoms with Crippen LogP contribution in [0.15, 0.2) is 0 Å². The molecule has 0 aromatic heterocycles. The first kappa shape index (κ1) is 9.07. The lowest BCUT2D eigenvalue weighted by molar-refractivity contribution is -0.158. The summed E-state index contributed by atoms with van der Waals surface area (Å²) in [5.74, 6) is -2.00. The van der Waals surface area contributed by atoms with Gasteiger partial charge in [-0.2, -0.15) is 0 Å². The highest BCUT2D eigenvalue weighted by atomic mass is 19.1. The first-order chi connectivity index (χ1) is 4.42. The molecule has 0 aromatic carbocycles. The SMILES string of the molecule is COC(=O)C(C)(F)C(C)=O.